The summed E-state index contributed by atoms with van der Waals surface area (Å²) < 4.78 is 33.5. The minimum atomic E-state index is -0.449. The molecule has 0 unspecified atom stereocenters. The van der Waals surface area contributed by atoms with Gasteiger partial charge in [-0.1, -0.05) is 18.2 Å². The lowest BCUT2D eigenvalue weighted by molar-refractivity contribution is -0.135. The number of esters is 1. The Labute approximate surface area is 207 Å². The van der Waals surface area contributed by atoms with E-state index in [0.717, 1.165) is 5.56 Å². The van der Waals surface area contributed by atoms with Crippen molar-refractivity contribution >= 4 is 17.8 Å². The third-order valence-corrected chi connectivity index (χ3v) is 6.32. The summed E-state index contributed by atoms with van der Waals surface area (Å²) in [6.45, 7) is 0. The Morgan fingerprint density at radius 2 is 1.67 bits per heavy atom. The van der Waals surface area contributed by atoms with E-state index in [0.29, 0.717) is 51.2 Å². The van der Waals surface area contributed by atoms with E-state index in [9.17, 15) is 9.59 Å². The Morgan fingerprint density at radius 3 is 2.39 bits per heavy atom. The van der Waals surface area contributed by atoms with Gasteiger partial charge in [0.05, 0.1) is 40.4 Å². The van der Waals surface area contributed by atoms with E-state index in [-0.39, 0.29) is 23.9 Å². The fourth-order valence-corrected chi connectivity index (χ4v) is 4.64. The quantitative estimate of drug-likeness (QED) is 0.278. The molecule has 0 amide bonds. The molecule has 0 radical (unpaired) electrons. The minimum Gasteiger partial charge on any atom is -0.497 e. The summed E-state index contributed by atoms with van der Waals surface area (Å²) >= 11 is 0. The van der Waals surface area contributed by atoms with Crippen molar-refractivity contribution in [2.24, 2.45) is 0 Å². The van der Waals surface area contributed by atoms with Crippen molar-refractivity contribution in [1.82, 2.24) is 0 Å². The molecule has 0 fully saturated rings. The molecule has 0 spiro atoms. The molecule has 2 aliphatic heterocycles. The number of carbonyl (C=O) groups excluding carboxylic acids is 2. The van der Waals surface area contributed by atoms with E-state index in [4.69, 9.17) is 28.4 Å². The molecule has 0 N–H and O–H groups in total. The van der Waals surface area contributed by atoms with Crippen LogP contribution in [0.4, 0.5) is 0 Å². The van der Waals surface area contributed by atoms with Crippen molar-refractivity contribution in [3.63, 3.8) is 0 Å². The second kappa shape index (κ2) is 9.30. The predicted molar refractivity (Wildman–Crippen MR) is 131 cm³/mol. The Bertz CT molecular complexity index is 1400. The van der Waals surface area contributed by atoms with Crippen molar-refractivity contribution in [1.29, 1.82) is 0 Å². The van der Waals surface area contributed by atoms with Crippen molar-refractivity contribution in [3.05, 3.63) is 76.5 Å². The molecule has 2 heterocycles. The standard InChI is InChI=1S/C28H24O8/c1-31-16-8-9-17(22(13-16)33-3)19-14-24(29)35-20-11-10-18-26(30)23(36-28(18)25(19)20)12-15-6-5-7-21(32-2)27(15)34-4/h5-13,19H,14H2,1-4H3/b23-12-/t19-/m0/s1. The van der Waals surface area contributed by atoms with Gasteiger partial charge in [-0.2, -0.15) is 0 Å². The van der Waals surface area contributed by atoms with Gasteiger partial charge < -0.3 is 28.4 Å². The zero-order valence-corrected chi connectivity index (χ0v) is 20.2. The number of benzene rings is 3. The van der Waals surface area contributed by atoms with Crippen LogP contribution in [-0.2, 0) is 4.79 Å². The van der Waals surface area contributed by atoms with Gasteiger partial charge in [-0.25, -0.2) is 0 Å². The molecule has 0 bridgehead atoms. The molecule has 0 saturated carbocycles. The Morgan fingerprint density at radius 1 is 0.861 bits per heavy atom. The van der Waals surface area contributed by atoms with E-state index in [1.165, 1.54) is 7.11 Å². The number of carbonyl (C=O) groups is 2. The van der Waals surface area contributed by atoms with Crippen LogP contribution in [0.25, 0.3) is 6.08 Å². The average molecular weight is 488 g/mol. The molecule has 0 aromatic heterocycles. The van der Waals surface area contributed by atoms with Crippen LogP contribution in [0.3, 0.4) is 0 Å². The van der Waals surface area contributed by atoms with Crippen LogP contribution in [0.5, 0.6) is 34.5 Å². The maximum absolute atomic E-state index is 13.3. The zero-order chi connectivity index (χ0) is 25.4. The maximum atomic E-state index is 13.3. The van der Waals surface area contributed by atoms with Gasteiger partial charge >= 0.3 is 5.97 Å². The molecule has 1 atom stereocenters. The molecule has 0 aliphatic carbocycles. The first-order valence-corrected chi connectivity index (χ1v) is 11.2. The van der Waals surface area contributed by atoms with Gasteiger partial charge in [-0.05, 0) is 30.3 Å². The van der Waals surface area contributed by atoms with Gasteiger partial charge in [0.25, 0.3) is 0 Å². The third-order valence-electron chi connectivity index (χ3n) is 6.32. The van der Waals surface area contributed by atoms with Crippen LogP contribution in [0.1, 0.15) is 39.4 Å². The molecule has 3 aromatic carbocycles. The SMILES string of the molecule is COc1ccc([C@@H]2CC(=O)Oc3ccc4c(c32)O/C(=C\c2cccc(OC)c2OC)C4=O)c(OC)c1. The van der Waals surface area contributed by atoms with Crippen LogP contribution in [0, 0.1) is 0 Å². The van der Waals surface area contributed by atoms with Gasteiger partial charge in [0.1, 0.15) is 23.0 Å². The van der Waals surface area contributed by atoms with Crippen molar-refractivity contribution in [3.8, 4) is 34.5 Å². The number of ether oxygens (including phenoxy) is 6. The Balaban J connectivity index is 1.62. The largest absolute Gasteiger partial charge is 0.497 e. The highest BCUT2D eigenvalue weighted by atomic mass is 16.5. The molecular weight excluding hydrogens is 464 g/mol. The van der Waals surface area contributed by atoms with Gasteiger partial charge in [-0.3, -0.25) is 9.59 Å². The van der Waals surface area contributed by atoms with Gasteiger partial charge in [0.15, 0.2) is 17.3 Å². The van der Waals surface area contributed by atoms with Crippen LogP contribution in [-0.4, -0.2) is 40.2 Å². The van der Waals surface area contributed by atoms with Gasteiger partial charge in [0, 0.05) is 28.7 Å². The summed E-state index contributed by atoms with van der Waals surface area (Å²) in [5, 5.41) is 0. The summed E-state index contributed by atoms with van der Waals surface area (Å²) in [6, 6.07) is 14.0. The highest BCUT2D eigenvalue weighted by Crippen LogP contribution is 2.51. The molecule has 8 heteroatoms. The number of rotatable bonds is 6. The van der Waals surface area contributed by atoms with Crippen LogP contribution in [0.15, 0.2) is 54.3 Å². The maximum Gasteiger partial charge on any atom is 0.312 e. The fourth-order valence-electron chi connectivity index (χ4n) is 4.64. The molecule has 3 aromatic rings. The lowest BCUT2D eigenvalue weighted by Gasteiger charge is -2.27. The highest BCUT2D eigenvalue weighted by Gasteiger charge is 2.39. The Kier molecular flexibility index (Phi) is 6.01. The molecule has 8 nitrogen and oxygen atoms in total. The molecule has 5 rings (SSSR count). The van der Waals surface area contributed by atoms with E-state index >= 15 is 0 Å². The summed E-state index contributed by atoms with van der Waals surface area (Å²) in [5.41, 5.74) is 2.39. The summed E-state index contributed by atoms with van der Waals surface area (Å²) in [5.74, 6) is 1.92. The lowest BCUT2D eigenvalue weighted by atomic mass is 9.84. The lowest BCUT2D eigenvalue weighted by Crippen LogP contribution is -2.22. The third kappa shape index (κ3) is 3.80. The number of hydrogen-bond acceptors (Lipinski definition) is 8. The number of allylic oxidation sites excluding steroid dienone is 1. The zero-order valence-electron chi connectivity index (χ0n) is 20.2. The highest BCUT2D eigenvalue weighted by molar-refractivity contribution is 6.15. The van der Waals surface area contributed by atoms with Crippen molar-refractivity contribution in [2.75, 3.05) is 28.4 Å². The number of fused-ring (bicyclic) bond motifs is 3. The van der Waals surface area contributed by atoms with Gasteiger partial charge in [-0.15, -0.1) is 0 Å². The van der Waals surface area contributed by atoms with E-state index in [2.05, 4.69) is 0 Å². The number of para-hydroxylation sites is 1. The Hall–Kier alpha value is -4.46. The van der Waals surface area contributed by atoms with Crippen LogP contribution >= 0.6 is 0 Å². The fraction of sp³-hybridized carbons (Fsp3) is 0.214. The van der Waals surface area contributed by atoms with E-state index < -0.39 is 5.92 Å². The minimum absolute atomic E-state index is 0.0620. The molecule has 36 heavy (non-hydrogen) atoms. The number of ketones is 1. The van der Waals surface area contributed by atoms with Crippen LogP contribution in [0.2, 0.25) is 0 Å². The van der Waals surface area contributed by atoms with Gasteiger partial charge in [0.2, 0.25) is 5.78 Å². The summed E-state index contributed by atoms with van der Waals surface area (Å²) in [4.78, 5) is 25.8. The second-order valence-electron chi connectivity index (χ2n) is 8.22. The first-order valence-electron chi connectivity index (χ1n) is 11.2. The number of Topliss-reactive ketones (excluding diaryl/α,β-unsaturated/α-hetero) is 1. The average Bonchev–Trinajstić information content (AvgIpc) is 3.22. The van der Waals surface area contributed by atoms with Crippen LogP contribution < -0.4 is 28.4 Å². The summed E-state index contributed by atoms with van der Waals surface area (Å²) in [6.07, 6.45) is 1.68. The van der Waals surface area contributed by atoms with Crippen molar-refractivity contribution in [2.45, 2.75) is 12.3 Å². The van der Waals surface area contributed by atoms with E-state index in [1.54, 1.807) is 69.9 Å². The normalized spacial score (nSPS) is 17.1. The molecular formula is C28H24O8. The number of hydrogen-bond donors (Lipinski definition) is 0. The molecule has 2 aliphatic rings. The van der Waals surface area contributed by atoms with Crippen molar-refractivity contribution < 1.29 is 38.0 Å². The predicted octanol–water partition coefficient (Wildman–Crippen LogP) is 4.78. The topological polar surface area (TPSA) is 89.5 Å². The number of methoxy groups -OCH3 is 4. The molecule has 184 valence electrons. The summed E-state index contributed by atoms with van der Waals surface area (Å²) in [7, 11) is 6.20. The second-order valence-corrected chi connectivity index (χ2v) is 8.22. The first kappa shape index (κ1) is 23.3. The smallest absolute Gasteiger partial charge is 0.312 e. The molecule has 0 saturated heterocycles. The van der Waals surface area contributed by atoms with E-state index in [1.807, 2.05) is 6.07 Å². The monoisotopic (exact) mass is 488 g/mol. The first-order chi connectivity index (χ1) is 17.5.